The minimum absolute atomic E-state index is 0.151. The molecule has 17 heavy (non-hydrogen) atoms. The monoisotopic (exact) mass is 235 g/mol. The van der Waals surface area contributed by atoms with Gasteiger partial charge in [-0.05, 0) is 32.2 Å². The van der Waals surface area contributed by atoms with Crippen molar-refractivity contribution in [2.75, 3.05) is 6.54 Å². The summed E-state index contributed by atoms with van der Waals surface area (Å²) in [6.45, 7) is 3.35. The van der Waals surface area contributed by atoms with Crippen molar-refractivity contribution >= 4 is 0 Å². The molecule has 3 rings (SSSR count). The van der Waals surface area contributed by atoms with E-state index in [4.69, 9.17) is 4.52 Å². The van der Waals surface area contributed by atoms with Gasteiger partial charge in [0.1, 0.15) is 0 Å². The van der Waals surface area contributed by atoms with E-state index in [-0.39, 0.29) is 5.41 Å². The van der Waals surface area contributed by atoms with Crippen LogP contribution in [0.25, 0.3) is 0 Å². The highest BCUT2D eigenvalue weighted by Crippen LogP contribution is 2.37. The van der Waals surface area contributed by atoms with Gasteiger partial charge in [0.05, 0.1) is 6.04 Å². The van der Waals surface area contributed by atoms with Crippen LogP contribution in [0.5, 0.6) is 0 Å². The quantitative estimate of drug-likeness (QED) is 0.856. The van der Waals surface area contributed by atoms with E-state index in [1.165, 1.54) is 38.5 Å². The number of aromatic nitrogens is 2. The summed E-state index contributed by atoms with van der Waals surface area (Å²) in [5.74, 6) is 1.73. The second-order valence-electron chi connectivity index (χ2n) is 5.73. The SMILES string of the molecule is CC1(c2noc(C3CCCN3)n2)CCCCC1. The Balaban J connectivity index is 1.78. The van der Waals surface area contributed by atoms with E-state index in [1.807, 2.05) is 0 Å². The number of rotatable bonds is 2. The first kappa shape index (κ1) is 11.2. The van der Waals surface area contributed by atoms with Gasteiger partial charge in [-0.1, -0.05) is 31.3 Å². The fraction of sp³-hybridized carbons (Fsp3) is 0.846. The molecule has 0 spiro atoms. The van der Waals surface area contributed by atoms with Gasteiger partial charge in [0.25, 0.3) is 0 Å². The van der Waals surface area contributed by atoms with E-state index < -0.39 is 0 Å². The molecule has 1 aromatic heterocycles. The van der Waals surface area contributed by atoms with Crippen LogP contribution < -0.4 is 5.32 Å². The molecule has 4 heteroatoms. The van der Waals surface area contributed by atoms with E-state index in [9.17, 15) is 0 Å². The molecule has 0 radical (unpaired) electrons. The summed E-state index contributed by atoms with van der Waals surface area (Å²) in [6.07, 6.45) is 8.67. The summed E-state index contributed by atoms with van der Waals surface area (Å²) in [4.78, 5) is 4.65. The van der Waals surface area contributed by atoms with Crippen molar-refractivity contribution in [2.45, 2.75) is 63.3 Å². The van der Waals surface area contributed by atoms with Crippen LogP contribution in [-0.4, -0.2) is 16.7 Å². The first-order valence-electron chi connectivity index (χ1n) is 6.85. The zero-order valence-electron chi connectivity index (χ0n) is 10.5. The maximum atomic E-state index is 5.44. The summed E-state index contributed by atoms with van der Waals surface area (Å²) in [7, 11) is 0. The van der Waals surface area contributed by atoms with E-state index in [0.717, 1.165) is 24.7 Å². The van der Waals surface area contributed by atoms with E-state index >= 15 is 0 Å². The third-order valence-corrected chi connectivity index (χ3v) is 4.30. The smallest absolute Gasteiger partial charge is 0.243 e. The topological polar surface area (TPSA) is 51.0 Å². The lowest BCUT2D eigenvalue weighted by atomic mass is 9.75. The second-order valence-corrected chi connectivity index (χ2v) is 5.73. The lowest BCUT2D eigenvalue weighted by Crippen LogP contribution is -2.26. The van der Waals surface area contributed by atoms with E-state index in [2.05, 4.69) is 22.4 Å². The Morgan fingerprint density at radius 2 is 2.06 bits per heavy atom. The average molecular weight is 235 g/mol. The Hall–Kier alpha value is -0.900. The standard InChI is InChI=1S/C13H21N3O/c1-13(7-3-2-4-8-13)12-15-11(17-16-12)10-6-5-9-14-10/h10,14H,2-9H2,1H3. The van der Waals surface area contributed by atoms with E-state index in [1.54, 1.807) is 0 Å². The Morgan fingerprint density at radius 3 is 2.76 bits per heavy atom. The molecule has 2 aliphatic rings. The molecule has 0 bridgehead atoms. The first-order valence-corrected chi connectivity index (χ1v) is 6.85. The second kappa shape index (κ2) is 4.41. The Bertz CT molecular complexity index is 376. The lowest BCUT2D eigenvalue weighted by molar-refractivity contribution is 0.284. The Morgan fingerprint density at radius 1 is 1.24 bits per heavy atom. The lowest BCUT2D eigenvalue weighted by Gasteiger charge is -2.29. The van der Waals surface area contributed by atoms with Gasteiger partial charge in [-0.25, -0.2) is 0 Å². The third kappa shape index (κ3) is 2.10. The number of nitrogens with zero attached hydrogens (tertiary/aromatic N) is 2. The molecule has 1 aliphatic heterocycles. The number of hydrogen-bond acceptors (Lipinski definition) is 4. The summed E-state index contributed by atoms with van der Waals surface area (Å²) < 4.78 is 5.44. The van der Waals surface area contributed by atoms with Crippen molar-refractivity contribution in [3.8, 4) is 0 Å². The van der Waals surface area contributed by atoms with E-state index in [0.29, 0.717) is 6.04 Å². The van der Waals surface area contributed by atoms with Crippen LogP contribution in [0.4, 0.5) is 0 Å². The molecule has 94 valence electrons. The van der Waals surface area contributed by atoms with Crippen LogP contribution in [0, 0.1) is 0 Å². The summed E-state index contributed by atoms with van der Waals surface area (Å²) in [6, 6.07) is 0.295. The van der Waals surface area contributed by atoms with Crippen LogP contribution >= 0.6 is 0 Å². The summed E-state index contributed by atoms with van der Waals surface area (Å²) in [5.41, 5.74) is 0.151. The van der Waals surface area contributed by atoms with Gasteiger partial charge >= 0.3 is 0 Å². The molecule has 2 heterocycles. The molecular formula is C13H21N3O. The summed E-state index contributed by atoms with van der Waals surface area (Å²) >= 11 is 0. The molecule has 1 N–H and O–H groups in total. The molecule has 1 aromatic rings. The average Bonchev–Trinajstić information content (AvgIpc) is 3.01. The van der Waals surface area contributed by atoms with Crippen molar-refractivity contribution < 1.29 is 4.52 Å². The van der Waals surface area contributed by atoms with Gasteiger partial charge < -0.3 is 9.84 Å². The molecule has 4 nitrogen and oxygen atoms in total. The van der Waals surface area contributed by atoms with Gasteiger partial charge in [0.15, 0.2) is 5.82 Å². The highest BCUT2D eigenvalue weighted by Gasteiger charge is 2.34. The normalized spacial score (nSPS) is 28.4. The fourth-order valence-corrected chi connectivity index (χ4v) is 3.07. The molecule has 0 amide bonds. The minimum Gasteiger partial charge on any atom is -0.338 e. The maximum absolute atomic E-state index is 5.44. The number of hydrogen-bond donors (Lipinski definition) is 1. The van der Waals surface area contributed by atoms with Gasteiger partial charge in [0.2, 0.25) is 5.89 Å². The predicted molar refractivity (Wildman–Crippen MR) is 64.7 cm³/mol. The van der Waals surface area contributed by atoms with Gasteiger partial charge in [-0.2, -0.15) is 4.98 Å². The largest absolute Gasteiger partial charge is 0.338 e. The Kier molecular flexibility index (Phi) is 2.90. The van der Waals surface area contributed by atoms with Crippen LogP contribution in [0.2, 0.25) is 0 Å². The van der Waals surface area contributed by atoms with Crippen molar-refractivity contribution in [1.82, 2.24) is 15.5 Å². The highest BCUT2D eigenvalue weighted by atomic mass is 16.5. The fourth-order valence-electron chi connectivity index (χ4n) is 3.07. The third-order valence-electron chi connectivity index (χ3n) is 4.30. The maximum Gasteiger partial charge on any atom is 0.243 e. The van der Waals surface area contributed by atoms with Crippen molar-refractivity contribution in [3.63, 3.8) is 0 Å². The molecule has 1 saturated carbocycles. The van der Waals surface area contributed by atoms with Crippen molar-refractivity contribution in [2.24, 2.45) is 0 Å². The molecule has 1 atom stereocenters. The zero-order chi connectivity index (χ0) is 11.7. The summed E-state index contributed by atoms with van der Waals surface area (Å²) in [5, 5.41) is 7.64. The Labute approximate surface area is 102 Å². The zero-order valence-corrected chi connectivity index (χ0v) is 10.5. The van der Waals surface area contributed by atoms with Gasteiger partial charge in [-0.15, -0.1) is 0 Å². The molecular weight excluding hydrogens is 214 g/mol. The van der Waals surface area contributed by atoms with Crippen molar-refractivity contribution in [1.29, 1.82) is 0 Å². The van der Waals surface area contributed by atoms with Crippen LogP contribution in [0.1, 0.15) is 69.6 Å². The predicted octanol–water partition coefficient (Wildman–Crippen LogP) is 2.72. The molecule has 0 aromatic carbocycles. The first-order chi connectivity index (χ1) is 8.28. The minimum atomic E-state index is 0.151. The van der Waals surface area contributed by atoms with Crippen LogP contribution in [-0.2, 0) is 5.41 Å². The molecule has 1 aliphatic carbocycles. The molecule has 1 saturated heterocycles. The van der Waals surface area contributed by atoms with Crippen LogP contribution in [0.3, 0.4) is 0 Å². The number of nitrogens with one attached hydrogen (secondary N) is 1. The molecule has 2 fully saturated rings. The van der Waals surface area contributed by atoms with Crippen LogP contribution in [0.15, 0.2) is 4.52 Å². The highest BCUT2D eigenvalue weighted by molar-refractivity contribution is 5.07. The van der Waals surface area contributed by atoms with Crippen molar-refractivity contribution in [3.05, 3.63) is 11.7 Å². The van der Waals surface area contributed by atoms with Gasteiger partial charge in [-0.3, -0.25) is 0 Å². The van der Waals surface area contributed by atoms with Gasteiger partial charge in [0, 0.05) is 5.41 Å². The molecule has 1 unspecified atom stereocenters.